The Morgan fingerprint density at radius 3 is 2.90 bits per heavy atom. The average molecular weight is 401 g/mol. The molecule has 0 spiro atoms. The molecule has 7 nitrogen and oxygen atoms in total. The molecule has 2 heterocycles. The molecule has 8 heteroatoms. The Labute approximate surface area is 171 Å². The molecule has 4 rings (SSSR count). The molecule has 2 aromatic heterocycles. The van der Waals surface area contributed by atoms with Crippen LogP contribution < -0.4 is 10.1 Å². The molecule has 0 unspecified atom stereocenters. The first-order valence-electron chi connectivity index (χ1n) is 8.87. The van der Waals surface area contributed by atoms with Crippen LogP contribution in [-0.2, 0) is 0 Å². The van der Waals surface area contributed by atoms with E-state index < -0.39 is 0 Å². The van der Waals surface area contributed by atoms with E-state index in [2.05, 4.69) is 38.4 Å². The van der Waals surface area contributed by atoms with E-state index >= 15 is 0 Å². The molecule has 1 aliphatic rings. The Kier molecular flexibility index (Phi) is 5.19. The molecule has 1 fully saturated rings. The minimum atomic E-state index is -0.357. The number of carbonyl (C=O) groups is 1. The summed E-state index contributed by atoms with van der Waals surface area (Å²) in [5.74, 6) is 6.77. The first kappa shape index (κ1) is 18.6. The number of nitrogens with one attached hydrogen (secondary N) is 1. The van der Waals surface area contributed by atoms with Gasteiger partial charge in [0.2, 0.25) is 5.13 Å². The predicted octanol–water partition coefficient (Wildman–Crippen LogP) is 3.49. The van der Waals surface area contributed by atoms with Gasteiger partial charge in [-0.05, 0) is 43.0 Å². The number of methoxy groups -OCH3 is 1. The van der Waals surface area contributed by atoms with Gasteiger partial charge in [0.05, 0.1) is 24.3 Å². The van der Waals surface area contributed by atoms with Crippen LogP contribution in [0, 0.1) is 29.1 Å². The number of benzene rings is 1. The molecule has 1 amide bonds. The van der Waals surface area contributed by atoms with Crippen molar-refractivity contribution in [1.82, 2.24) is 15.2 Å². The van der Waals surface area contributed by atoms with Crippen LogP contribution in [0.1, 0.15) is 33.8 Å². The molecule has 1 aromatic carbocycles. The molecular formula is C21H15N5O2S. The van der Waals surface area contributed by atoms with E-state index in [0.29, 0.717) is 44.1 Å². The Balaban J connectivity index is 1.63. The number of rotatable bonds is 4. The molecule has 0 aliphatic heterocycles. The van der Waals surface area contributed by atoms with E-state index in [9.17, 15) is 10.1 Å². The second-order valence-electron chi connectivity index (χ2n) is 6.36. The average Bonchev–Trinajstić information content (AvgIpc) is 3.49. The van der Waals surface area contributed by atoms with Gasteiger partial charge in [-0.1, -0.05) is 17.3 Å². The minimum Gasteiger partial charge on any atom is -0.496 e. The van der Waals surface area contributed by atoms with Crippen molar-refractivity contribution >= 4 is 22.4 Å². The summed E-state index contributed by atoms with van der Waals surface area (Å²) in [5.41, 5.74) is 2.00. The summed E-state index contributed by atoms with van der Waals surface area (Å²) in [6.07, 6.45) is 5.37. The van der Waals surface area contributed by atoms with Crippen molar-refractivity contribution in [2.75, 3.05) is 12.4 Å². The Morgan fingerprint density at radius 2 is 2.14 bits per heavy atom. The molecule has 0 bridgehead atoms. The highest BCUT2D eigenvalue weighted by Gasteiger charge is 2.19. The van der Waals surface area contributed by atoms with E-state index in [-0.39, 0.29) is 5.91 Å². The number of nitrogens with zero attached hydrogens (tertiary/aromatic N) is 4. The van der Waals surface area contributed by atoms with Gasteiger partial charge in [-0.3, -0.25) is 15.1 Å². The fourth-order valence-electron chi connectivity index (χ4n) is 2.68. The number of ether oxygens (including phenoxy) is 1. The summed E-state index contributed by atoms with van der Waals surface area (Å²) in [7, 11) is 1.53. The van der Waals surface area contributed by atoms with Crippen LogP contribution in [-0.4, -0.2) is 28.2 Å². The standard InChI is InChI=1S/C21H15N5O2S/c1-28-18-6-4-14(11-22)10-16(18)17-12-23-9-8-15(17)20(27)24-21-26-25-19(29-21)7-5-13-2-3-13/h4,6,8-10,12-13H,2-3H2,1H3,(H,24,26,27). The van der Waals surface area contributed by atoms with Crippen molar-refractivity contribution in [2.45, 2.75) is 12.8 Å². The third-order valence-electron chi connectivity index (χ3n) is 4.29. The molecule has 3 aromatic rings. The maximum absolute atomic E-state index is 12.9. The van der Waals surface area contributed by atoms with Gasteiger partial charge in [0.15, 0.2) is 5.01 Å². The van der Waals surface area contributed by atoms with Gasteiger partial charge in [-0.2, -0.15) is 5.26 Å². The summed E-state index contributed by atoms with van der Waals surface area (Å²) in [6.45, 7) is 0. The molecule has 0 atom stereocenters. The summed E-state index contributed by atoms with van der Waals surface area (Å²) in [5, 5.41) is 20.9. The Bertz CT molecular complexity index is 1180. The van der Waals surface area contributed by atoms with E-state index in [1.807, 2.05) is 0 Å². The zero-order valence-electron chi connectivity index (χ0n) is 15.5. The normalized spacial score (nSPS) is 12.4. The second-order valence-corrected chi connectivity index (χ2v) is 7.34. The summed E-state index contributed by atoms with van der Waals surface area (Å²) in [4.78, 5) is 17.0. The maximum Gasteiger partial charge on any atom is 0.258 e. The van der Waals surface area contributed by atoms with E-state index in [1.165, 1.54) is 24.6 Å². The molecule has 1 aliphatic carbocycles. The smallest absolute Gasteiger partial charge is 0.258 e. The Hall–Kier alpha value is -3.75. The van der Waals surface area contributed by atoms with Crippen LogP contribution in [0.3, 0.4) is 0 Å². The van der Waals surface area contributed by atoms with Gasteiger partial charge >= 0.3 is 0 Å². The first-order chi connectivity index (χ1) is 14.2. The van der Waals surface area contributed by atoms with Crippen molar-refractivity contribution in [1.29, 1.82) is 5.26 Å². The first-order valence-corrected chi connectivity index (χ1v) is 9.68. The monoisotopic (exact) mass is 401 g/mol. The molecule has 142 valence electrons. The molecule has 29 heavy (non-hydrogen) atoms. The van der Waals surface area contributed by atoms with Crippen molar-refractivity contribution < 1.29 is 9.53 Å². The summed E-state index contributed by atoms with van der Waals surface area (Å²) in [6, 6.07) is 8.73. The molecular weight excluding hydrogens is 386 g/mol. The van der Waals surface area contributed by atoms with E-state index in [0.717, 1.165) is 12.8 Å². The zero-order chi connectivity index (χ0) is 20.2. The third kappa shape index (κ3) is 4.23. The minimum absolute atomic E-state index is 0.357. The lowest BCUT2D eigenvalue weighted by molar-refractivity contribution is 0.102. The lowest BCUT2D eigenvalue weighted by Crippen LogP contribution is -2.13. The number of pyridine rings is 1. The van der Waals surface area contributed by atoms with E-state index in [1.54, 1.807) is 30.5 Å². The highest BCUT2D eigenvalue weighted by atomic mass is 32.1. The van der Waals surface area contributed by atoms with Crippen LogP contribution in [0.25, 0.3) is 11.1 Å². The van der Waals surface area contributed by atoms with Crippen molar-refractivity contribution in [3.8, 4) is 34.8 Å². The van der Waals surface area contributed by atoms with Crippen LogP contribution in [0.5, 0.6) is 5.75 Å². The van der Waals surface area contributed by atoms with Gasteiger partial charge in [-0.15, -0.1) is 10.2 Å². The van der Waals surface area contributed by atoms with Crippen LogP contribution >= 0.6 is 11.3 Å². The number of hydrogen-bond acceptors (Lipinski definition) is 7. The lowest BCUT2D eigenvalue weighted by Gasteiger charge is -2.12. The highest BCUT2D eigenvalue weighted by molar-refractivity contribution is 7.15. The molecule has 1 N–H and O–H groups in total. The summed E-state index contributed by atoms with van der Waals surface area (Å²) >= 11 is 1.23. The third-order valence-corrected chi connectivity index (χ3v) is 5.04. The van der Waals surface area contributed by atoms with Crippen LogP contribution in [0.15, 0.2) is 36.7 Å². The fourth-order valence-corrected chi connectivity index (χ4v) is 3.28. The van der Waals surface area contributed by atoms with Gasteiger partial charge < -0.3 is 4.74 Å². The zero-order valence-corrected chi connectivity index (χ0v) is 16.3. The number of amides is 1. The number of nitriles is 1. The second kappa shape index (κ2) is 8.09. The number of anilines is 1. The molecule has 0 saturated heterocycles. The van der Waals surface area contributed by atoms with Gasteiger partial charge in [-0.25, -0.2) is 0 Å². The molecule has 0 radical (unpaired) electrons. The van der Waals surface area contributed by atoms with Gasteiger partial charge in [0.1, 0.15) is 5.75 Å². The van der Waals surface area contributed by atoms with E-state index in [4.69, 9.17) is 4.74 Å². The number of carbonyl (C=O) groups excluding carboxylic acids is 1. The quantitative estimate of drug-likeness (QED) is 0.672. The molecule has 1 saturated carbocycles. The number of aromatic nitrogens is 3. The highest BCUT2D eigenvalue weighted by Crippen LogP contribution is 2.33. The van der Waals surface area contributed by atoms with Crippen molar-refractivity contribution in [2.24, 2.45) is 5.92 Å². The predicted molar refractivity (Wildman–Crippen MR) is 108 cm³/mol. The summed E-state index contributed by atoms with van der Waals surface area (Å²) < 4.78 is 5.40. The SMILES string of the molecule is COc1ccc(C#N)cc1-c1cnccc1C(=O)Nc1nnc(C#CC2CC2)s1. The maximum atomic E-state index is 12.9. The van der Waals surface area contributed by atoms with Gasteiger partial charge in [0.25, 0.3) is 5.91 Å². The Morgan fingerprint density at radius 1 is 1.28 bits per heavy atom. The van der Waals surface area contributed by atoms with Crippen LogP contribution in [0.2, 0.25) is 0 Å². The van der Waals surface area contributed by atoms with Crippen LogP contribution in [0.4, 0.5) is 5.13 Å². The fraction of sp³-hybridized carbons (Fsp3) is 0.190. The lowest BCUT2D eigenvalue weighted by atomic mass is 9.99. The topological polar surface area (TPSA) is 101 Å². The van der Waals surface area contributed by atoms with Crippen molar-refractivity contribution in [3.63, 3.8) is 0 Å². The number of hydrogen-bond donors (Lipinski definition) is 1. The van der Waals surface area contributed by atoms with Crippen molar-refractivity contribution in [3.05, 3.63) is 52.8 Å². The largest absolute Gasteiger partial charge is 0.496 e. The van der Waals surface area contributed by atoms with Gasteiger partial charge in [0, 0.05) is 29.4 Å².